The van der Waals surface area contributed by atoms with Crippen LogP contribution in [0.1, 0.15) is 44.8 Å². The molecule has 0 saturated carbocycles. The van der Waals surface area contributed by atoms with E-state index in [1.54, 1.807) is 18.2 Å². The van der Waals surface area contributed by atoms with Crippen LogP contribution < -0.4 is 10.6 Å². The minimum Gasteiger partial charge on any atom is -0.358 e. The first-order valence-electron chi connectivity index (χ1n) is 10.7. The molecule has 1 saturated heterocycles. The highest BCUT2D eigenvalue weighted by Gasteiger charge is 2.39. The van der Waals surface area contributed by atoms with Crippen molar-refractivity contribution < 1.29 is 19.2 Å². The normalized spacial score (nSPS) is 17.7. The summed E-state index contributed by atoms with van der Waals surface area (Å²) in [5.74, 6) is -1.26. The number of aryl methyl sites for hydroxylation is 1. The summed E-state index contributed by atoms with van der Waals surface area (Å²) in [4.78, 5) is 54.1. The Morgan fingerprint density at radius 2 is 1.85 bits per heavy atom. The number of hydrogen-bond donors (Lipinski definition) is 3. The Hall–Kier alpha value is -4.20. The molecule has 33 heavy (non-hydrogen) atoms. The summed E-state index contributed by atoms with van der Waals surface area (Å²) in [7, 11) is 0. The Labute approximate surface area is 190 Å². The van der Waals surface area contributed by atoms with Crippen LogP contribution in [-0.4, -0.2) is 39.6 Å². The molecule has 2 aromatic carbocycles. The third-order valence-electron chi connectivity index (χ3n) is 6.13. The number of nitrogens with one attached hydrogen (secondary N) is 3. The number of H-pyrrole nitrogens is 1. The van der Waals surface area contributed by atoms with Crippen LogP contribution in [-0.2, 0) is 16.1 Å². The Bertz CT molecular complexity index is 1290. The van der Waals surface area contributed by atoms with E-state index in [0.717, 1.165) is 22.5 Å². The predicted molar refractivity (Wildman–Crippen MR) is 121 cm³/mol. The maximum atomic E-state index is 12.9. The van der Waals surface area contributed by atoms with Crippen molar-refractivity contribution in [3.8, 4) is 11.3 Å². The molecule has 0 bridgehead atoms. The minimum absolute atomic E-state index is 0.207. The lowest BCUT2D eigenvalue weighted by molar-refractivity contribution is -0.136. The number of benzene rings is 2. The van der Waals surface area contributed by atoms with Crippen LogP contribution in [0.25, 0.3) is 11.3 Å². The highest BCUT2D eigenvalue weighted by atomic mass is 16.2. The second kappa shape index (κ2) is 8.05. The van der Waals surface area contributed by atoms with Crippen molar-refractivity contribution in [3.05, 3.63) is 77.0 Å². The van der Waals surface area contributed by atoms with Crippen LogP contribution in [0.3, 0.4) is 0 Å². The molecule has 1 aromatic heterocycles. The molecule has 3 aromatic rings. The summed E-state index contributed by atoms with van der Waals surface area (Å²) in [6.45, 7) is 2.10. The molecule has 1 unspecified atom stereocenters. The maximum absolute atomic E-state index is 12.9. The first kappa shape index (κ1) is 20.7. The smallest absolute Gasteiger partial charge is 0.257 e. The van der Waals surface area contributed by atoms with Gasteiger partial charge in [0.25, 0.3) is 11.8 Å². The molecule has 0 aliphatic carbocycles. The van der Waals surface area contributed by atoms with E-state index < -0.39 is 11.9 Å². The predicted octanol–water partition coefficient (Wildman–Crippen LogP) is 3.00. The van der Waals surface area contributed by atoms with Crippen molar-refractivity contribution in [2.24, 2.45) is 0 Å². The summed E-state index contributed by atoms with van der Waals surface area (Å²) in [6.07, 6.45) is 0.517. The summed E-state index contributed by atoms with van der Waals surface area (Å²) in [5, 5.41) is 5.20. The van der Waals surface area contributed by atoms with E-state index >= 15 is 0 Å². The van der Waals surface area contributed by atoms with Crippen LogP contribution in [0.4, 0.5) is 5.69 Å². The monoisotopic (exact) mass is 442 g/mol. The van der Waals surface area contributed by atoms with E-state index in [-0.39, 0.29) is 30.7 Å². The Balaban J connectivity index is 1.33. The number of piperidine rings is 1. The Morgan fingerprint density at radius 1 is 1.06 bits per heavy atom. The van der Waals surface area contributed by atoms with E-state index in [4.69, 9.17) is 0 Å². The number of hydrogen-bond acceptors (Lipinski definition) is 4. The zero-order chi connectivity index (χ0) is 23.1. The number of anilines is 1. The van der Waals surface area contributed by atoms with Crippen molar-refractivity contribution in [1.29, 1.82) is 0 Å². The maximum Gasteiger partial charge on any atom is 0.257 e. The van der Waals surface area contributed by atoms with E-state index in [9.17, 15) is 19.2 Å². The molecule has 2 aliphatic heterocycles. The molecular formula is C25H22N4O4. The van der Waals surface area contributed by atoms with Crippen LogP contribution >= 0.6 is 0 Å². The van der Waals surface area contributed by atoms with E-state index in [0.29, 0.717) is 23.2 Å². The molecule has 3 N–H and O–H groups in total. The number of amides is 4. The Kier molecular flexibility index (Phi) is 5.05. The molecule has 1 fully saturated rings. The van der Waals surface area contributed by atoms with Gasteiger partial charge in [-0.2, -0.15) is 0 Å². The number of imide groups is 1. The van der Waals surface area contributed by atoms with Gasteiger partial charge in [-0.1, -0.05) is 30.3 Å². The number of carbonyl (C=O) groups is 4. The number of rotatable bonds is 4. The Morgan fingerprint density at radius 3 is 2.61 bits per heavy atom. The molecular weight excluding hydrogens is 420 g/mol. The standard InChI is InChI=1S/C25H22N4O4/c1-14-19(12-20(26-14)15-5-3-2-4-6-15)23(31)27-17-7-8-18-16(11-17)13-29(25(18)33)21-9-10-22(30)28-24(21)32/h2-8,11-12,21,26H,9-10,13H2,1H3,(H,27,31)(H,28,30,32). The number of aromatic nitrogens is 1. The molecule has 8 nitrogen and oxygen atoms in total. The third-order valence-corrected chi connectivity index (χ3v) is 6.13. The summed E-state index contributed by atoms with van der Waals surface area (Å²) >= 11 is 0. The average molecular weight is 442 g/mol. The summed E-state index contributed by atoms with van der Waals surface area (Å²) < 4.78 is 0. The van der Waals surface area contributed by atoms with E-state index in [2.05, 4.69) is 15.6 Å². The number of carbonyl (C=O) groups excluding carboxylic acids is 4. The molecule has 3 heterocycles. The van der Waals surface area contributed by atoms with E-state index in [1.165, 1.54) is 4.90 Å². The lowest BCUT2D eigenvalue weighted by Crippen LogP contribution is -2.52. The van der Waals surface area contributed by atoms with Gasteiger partial charge in [0, 0.05) is 35.6 Å². The van der Waals surface area contributed by atoms with Crippen LogP contribution in [0.15, 0.2) is 54.6 Å². The minimum atomic E-state index is -0.667. The van der Waals surface area contributed by atoms with Crippen molar-refractivity contribution in [3.63, 3.8) is 0 Å². The average Bonchev–Trinajstić information content (AvgIpc) is 3.34. The second-order valence-corrected chi connectivity index (χ2v) is 8.31. The van der Waals surface area contributed by atoms with Gasteiger partial charge in [-0.3, -0.25) is 24.5 Å². The molecule has 166 valence electrons. The summed E-state index contributed by atoms with van der Waals surface area (Å²) in [6, 6.07) is 16.0. The van der Waals surface area contributed by atoms with Gasteiger partial charge in [0.05, 0.1) is 5.56 Å². The zero-order valence-electron chi connectivity index (χ0n) is 18.0. The van der Waals surface area contributed by atoms with Gasteiger partial charge in [-0.05, 0) is 48.7 Å². The van der Waals surface area contributed by atoms with Gasteiger partial charge < -0.3 is 15.2 Å². The van der Waals surface area contributed by atoms with Gasteiger partial charge in [0.2, 0.25) is 11.8 Å². The van der Waals surface area contributed by atoms with Crippen molar-refractivity contribution in [2.75, 3.05) is 5.32 Å². The number of aromatic amines is 1. The molecule has 1 atom stereocenters. The highest BCUT2D eigenvalue weighted by Crippen LogP contribution is 2.30. The van der Waals surface area contributed by atoms with E-state index in [1.807, 2.05) is 43.3 Å². The van der Waals surface area contributed by atoms with Gasteiger partial charge >= 0.3 is 0 Å². The fourth-order valence-corrected chi connectivity index (χ4v) is 4.42. The largest absolute Gasteiger partial charge is 0.358 e. The number of nitrogens with zero attached hydrogens (tertiary/aromatic N) is 1. The SMILES string of the molecule is Cc1[nH]c(-c2ccccc2)cc1C(=O)Nc1ccc2c(c1)CN(C1CCC(=O)NC1=O)C2=O. The van der Waals surface area contributed by atoms with Crippen LogP contribution in [0.5, 0.6) is 0 Å². The lowest BCUT2D eigenvalue weighted by Gasteiger charge is -2.29. The molecule has 4 amide bonds. The first-order chi connectivity index (χ1) is 15.9. The van der Waals surface area contributed by atoms with Gasteiger partial charge in [-0.15, -0.1) is 0 Å². The van der Waals surface area contributed by atoms with Crippen LogP contribution in [0.2, 0.25) is 0 Å². The molecule has 0 radical (unpaired) electrons. The highest BCUT2D eigenvalue weighted by molar-refractivity contribution is 6.07. The quantitative estimate of drug-likeness (QED) is 0.539. The molecule has 0 spiro atoms. The molecule has 5 rings (SSSR count). The third kappa shape index (κ3) is 3.80. The number of fused-ring (bicyclic) bond motifs is 1. The fraction of sp³-hybridized carbons (Fsp3) is 0.200. The van der Waals surface area contributed by atoms with Gasteiger partial charge in [-0.25, -0.2) is 0 Å². The van der Waals surface area contributed by atoms with Crippen molar-refractivity contribution >= 4 is 29.3 Å². The van der Waals surface area contributed by atoms with Crippen molar-refractivity contribution in [2.45, 2.75) is 32.4 Å². The zero-order valence-corrected chi connectivity index (χ0v) is 18.0. The summed E-state index contributed by atoms with van der Waals surface area (Å²) in [5.41, 5.74) is 4.95. The first-order valence-corrected chi connectivity index (χ1v) is 10.7. The van der Waals surface area contributed by atoms with Crippen LogP contribution in [0, 0.1) is 6.92 Å². The van der Waals surface area contributed by atoms with Gasteiger partial charge in [0.15, 0.2) is 0 Å². The lowest BCUT2D eigenvalue weighted by atomic mass is 10.0. The topological polar surface area (TPSA) is 111 Å². The second-order valence-electron chi connectivity index (χ2n) is 8.31. The fourth-order valence-electron chi connectivity index (χ4n) is 4.42. The van der Waals surface area contributed by atoms with Crippen molar-refractivity contribution in [1.82, 2.24) is 15.2 Å². The van der Waals surface area contributed by atoms with Gasteiger partial charge in [0.1, 0.15) is 6.04 Å². The molecule has 8 heteroatoms. The molecule has 2 aliphatic rings.